The Kier molecular flexibility index (Phi) is 10.5. The zero-order chi connectivity index (χ0) is 40.0. The number of benzene rings is 1. The Hall–Kier alpha value is -2.71. The van der Waals surface area contributed by atoms with E-state index < -0.39 is 119 Å². The first-order chi connectivity index (χ1) is 20.9. The number of alkyl halides is 27. The quantitative estimate of drug-likeness (QED) is 0.199. The molecule has 0 saturated carbocycles. The van der Waals surface area contributed by atoms with Crippen LogP contribution in [0.2, 0.25) is 0 Å². The molecule has 0 aliphatic heterocycles. The maximum Gasteiger partial charge on any atom is 0.460 e. The highest BCUT2D eigenvalue weighted by atomic mass is 19.4. The lowest BCUT2D eigenvalue weighted by atomic mass is 9.80. The summed E-state index contributed by atoms with van der Waals surface area (Å²) >= 11 is 0. The molecule has 0 fully saturated rings. The van der Waals surface area contributed by atoms with Gasteiger partial charge in [-0.15, -0.1) is 0 Å². The number of hydrogen-bond donors (Lipinski definition) is 0. The monoisotopic (exact) mass is 789 g/mol. The van der Waals surface area contributed by atoms with E-state index in [0.717, 1.165) is 0 Å². The Morgan fingerprint density at radius 1 is 0.408 bits per heavy atom. The predicted octanol–water partition coefficient (Wildman–Crippen LogP) is 11.3. The molecular weight excluding hydrogens is 781 g/mol. The van der Waals surface area contributed by atoms with Gasteiger partial charge in [-0.1, -0.05) is 6.92 Å². The molecule has 1 rings (SSSR count). The standard InChI is InChI=1S/C21H8F27O/c1-2-8(49)9-6(11(24,25)14(30,31)17(36,37)20(43,44)45)3-5(10(22,23)13(28,29)16(34,35)19(40,41)42)4-7(9)12(26,27)15(32,33)18(38,39)21(46,47)48/h3-4,8H,2H2,1H3. The van der Waals surface area contributed by atoms with Crippen molar-refractivity contribution in [3.05, 3.63) is 34.4 Å². The SMILES string of the molecule is CCC([O])c1c(C(F)(F)C(F)(F)C(F)(F)C(F)(F)F)cc(C(F)(F)C(F)(F)C(F)(F)C(F)(F)F)cc1C(F)(F)C(F)(F)C(F)(F)C(F)(F)F. The first kappa shape index (κ1) is 44.3. The molecular formula is C21H8F27O. The smallest absolute Gasteiger partial charge is 0.228 e. The van der Waals surface area contributed by atoms with Crippen molar-refractivity contribution >= 4 is 0 Å². The van der Waals surface area contributed by atoms with Gasteiger partial charge in [0.25, 0.3) is 0 Å². The molecule has 0 aliphatic rings. The van der Waals surface area contributed by atoms with E-state index in [4.69, 9.17) is 0 Å². The van der Waals surface area contributed by atoms with Crippen LogP contribution in [0.15, 0.2) is 12.1 Å². The summed E-state index contributed by atoms with van der Waals surface area (Å²) in [5, 5.41) is 12.2. The van der Waals surface area contributed by atoms with Crippen molar-refractivity contribution < 1.29 is 124 Å². The molecule has 28 heteroatoms. The zero-order valence-corrected chi connectivity index (χ0v) is 22.1. The maximum absolute atomic E-state index is 14.9. The van der Waals surface area contributed by atoms with Gasteiger partial charge in [0.1, 0.15) is 6.10 Å². The van der Waals surface area contributed by atoms with Crippen LogP contribution in [-0.2, 0) is 22.9 Å². The number of hydrogen-bond acceptors (Lipinski definition) is 0. The van der Waals surface area contributed by atoms with Crippen molar-refractivity contribution in [2.24, 2.45) is 0 Å². The summed E-state index contributed by atoms with van der Waals surface area (Å²) in [5.41, 5.74) is -17.1. The van der Waals surface area contributed by atoms with Crippen LogP contribution in [0.4, 0.5) is 119 Å². The average molecular weight is 789 g/mol. The summed E-state index contributed by atoms with van der Waals surface area (Å²) in [6.45, 7) is 0.0764. The first-order valence-corrected chi connectivity index (χ1v) is 11.4. The van der Waals surface area contributed by atoms with Gasteiger partial charge in [-0.2, -0.15) is 119 Å². The minimum atomic E-state index is -8.46. The molecule has 1 atom stereocenters. The highest BCUT2D eigenvalue weighted by Gasteiger charge is 2.86. The lowest BCUT2D eigenvalue weighted by molar-refractivity contribution is -0.402. The first-order valence-electron chi connectivity index (χ1n) is 11.4. The lowest BCUT2D eigenvalue weighted by Crippen LogP contribution is -2.61. The fourth-order valence-electron chi connectivity index (χ4n) is 3.55. The fourth-order valence-corrected chi connectivity index (χ4v) is 3.55. The summed E-state index contributed by atoms with van der Waals surface area (Å²) < 4.78 is 368. The molecule has 0 aliphatic carbocycles. The summed E-state index contributed by atoms with van der Waals surface area (Å²) in [4.78, 5) is 0. The topological polar surface area (TPSA) is 19.9 Å². The Bertz CT molecular complexity index is 1290. The van der Waals surface area contributed by atoms with Gasteiger partial charge in [0.2, 0.25) is 0 Å². The van der Waals surface area contributed by atoms with Gasteiger partial charge in [-0.25, -0.2) is 5.11 Å². The normalized spacial score (nSPS) is 16.7. The van der Waals surface area contributed by atoms with E-state index in [9.17, 15) is 124 Å². The van der Waals surface area contributed by atoms with Gasteiger partial charge in [-0.3, -0.25) is 0 Å². The van der Waals surface area contributed by atoms with Crippen molar-refractivity contribution in [1.82, 2.24) is 0 Å². The van der Waals surface area contributed by atoms with Gasteiger partial charge >= 0.3 is 71.8 Å². The largest absolute Gasteiger partial charge is 0.460 e. The van der Waals surface area contributed by atoms with Crippen LogP contribution in [0.25, 0.3) is 0 Å². The number of rotatable bonds is 11. The van der Waals surface area contributed by atoms with Crippen molar-refractivity contribution in [2.45, 2.75) is 91.3 Å². The van der Waals surface area contributed by atoms with Crippen molar-refractivity contribution in [3.8, 4) is 0 Å². The molecule has 0 amide bonds. The minimum absolute atomic E-state index is 0.0764. The van der Waals surface area contributed by atoms with Crippen molar-refractivity contribution in [2.75, 3.05) is 0 Å². The van der Waals surface area contributed by atoms with Crippen LogP contribution in [-0.4, -0.2) is 54.1 Å². The molecule has 0 N–H and O–H groups in total. The molecule has 1 nitrogen and oxygen atoms in total. The second-order valence-corrected chi connectivity index (χ2v) is 9.54. The third-order valence-corrected chi connectivity index (χ3v) is 6.35. The van der Waals surface area contributed by atoms with Gasteiger partial charge < -0.3 is 0 Å². The van der Waals surface area contributed by atoms with E-state index in [1.165, 1.54) is 0 Å². The molecule has 0 heterocycles. The van der Waals surface area contributed by atoms with Crippen molar-refractivity contribution in [1.29, 1.82) is 0 Å². The molecule has 0 saturated heterocycles. The maximum atomic E-state index is 14.9. The molecule has 0 bridgehead atoms. The van der Waals surface area contributed by atoms with Gasteiger partial charge in [0, 0.05) is 22.3 Å². The van der Waals surface area contributed by atoms with E-state index >= 15 is 0 Å². The second kappa shape index (κ2) is 11.7. The Morgan fingerprint density at radius 2 is 0.633 bits per heavy atom. The van der Waals surface area contributed by atoms with E-state index in [0.29, 0.717) is 0 Å². The average Bonchev–Trinajstić information content (AvgIpc) is 2.89. The molecule has 0 spiro atoms. The molecule has 287 valence electrons. The third-order valence-electron chi connectivity index (χ3n) is 6.35. The highest BCUT2D eigenvalue weighted by Crippen LogP contribution is 2.63. The lowest BCUT2D eigenvalue weighted by Gasteiger charge is -2.39. The molecule has 1 aromatic rings. The van der Waals surface area contributed by atoms with Crippen molar-refractivity contribution in [3.63, 3.8) is 0 Å². The summed E-state index contributed by atoms with van der Waals surface area (Å²) in [6, 6.07) is -4.65. The Balaban J connectivity index is 4.84. The van der Waals surface area contributed by atoms with Crippen LogP contribution >= 0.6 is 0 Å². The summed E-state index contributed by atoms with van der Waals surface area (Å²) in [5.74, 6) is -74.4. The molecule has 1 unspecified atom stereocenters. The Labute approximate surface area is 250 Å². The van der Waals surface area contributed by atoms with Gasteiger partial charge in [0.05, 0.1) is 0 Å². The van der Waals surface area contributed by atoms with E-state index in [1.54, 1.807) is 0 Å². The van der Waals surface area contributed by atoms with Crippen LogP contribution in [0, 0.1) is 0 Å². The second-order valence-electron chi connectivity index (χ2n) is 9.54. The van der Waals surface area contributed by atoms with Crippen LogP contribution < -0.4 is 0 Å². The van der Waals surface area contributed by atoms with E-state index in [-0.39, 0.29) is 6.92 Å². The molecule has 1 aromatic carbocycles. The summed E-state index contributed by atoms with van der Waals surface area (Å²) in [6.07, 6.45) is -30.2. The van der Waals surface area contributed by atoms with E-state index in [1.807, 2.05) is 0 Å². The van der Waals surface area contributed by atoms with Gasteiger partial charge in [-0.05, 0) is 18.6 Å². The minimum Gasteiger partial charge on any atom is -0.228 e. The summed E-state index contributed by atoms with van der Waals surface area (Å²) in [7, 11) is 0. The third kappa shape index (κ3) is 6.07. The van der Waals surface area contributed by atoms with Gasteiger partial charge in [0.15, 0.2) is 0 Å². The van der Waals surface area contributed by atoms with Crippen LogP contribution in [0.1, 0.15) is 41.7 Å². The molecule has 0 aromatic heterocycles. The Morgan fingerprint density at radius 3 is 0.837 bits per heavy atom. The van der Waals surface area contributed by atoms with E-state index in [2.05, 4.69) is 0 Å². The number of halogens is 27. The van der Waals surface area contributed by atoms with Crippen LogP contribution in [0.5, 0.6) is 0 Å². The predicted molar refractivity (Wildman–Crippen MR) is 99.7 cm³/mol. The molecule has 49 heavy (non-hydrogen) atoms. The molecule has 1 radical (unpaired) electrons. The highest BCUT2D eigenvalue weighted by molar-refractivity contribution is 5.49. The van der Waals surface area contributed by atoms with Crippen LogP contribution in [0.3, 0.4) is 0 Å². The zero-order valence-electron chi connectivity index (χ0n) is 22.1. The fraction of sp³-hybridized carbons (Fsp3) is 0.714.